The van der Waals surface area contributed by atoms with Gasteiger partial charge in [0.25, 0.3) is 11.8 Å². The first-order valence-electron chi connectivity index (χ1n) is 8.01. The van der Waals surface area contributed by atoms with Crippen LogP contribution < -0.4 is 0 Å². The van der Waals surface area contributed by atoms with Crippen LogP contribution in [0.25, 0.3) is 0 Å². The lowest BCUT2D eigenvalue weighted by atomic mass is 10.0. The quantitative estimate of drug-likeness (QED) is 0.781. The summed E-state index contributed by atoms with van der Waals surface area (Å²) in [7, 11) is 0. The molecule has 1 saturated heterocycles. The SMILES string of the molecule is C[C@@](O)(C(=O)N1CC(F)C(N2CCc3ncccc3C2=O)C1)C(F)(F)F. The van der Waals surface area contributed by atoms with Gasteiger partial charge in [-0.3, -0.25) is 14.6 Å². The van der Waals surface area contributed by atoms with Gasteiger partial charge in [-0.1, -0.05) is 0 Å². The topological polar surface area (TPSA) is 73.7 Å². The van der Waals surface area contributed by atoms with Crippen molar-refractivity contribution in [2.24, 2.45) is 0 Å². The Bertz CT molecular complexity index is 738. The van der Waals surface area contributed by atoms with E-state index in [0.29, 0.717) is 29.5 Å². The predicted molar refractivity (Wildman–Crippen MR) is 80.9 cm³/mol. The summed E-state index contributed by atoms with van der Waals surface area (Å²) in [6.07, 6.45) is -4.96. The summed E-state index contributed by atoms with van der Waals surface area (Å²) in [5.74, 6) is -2.09. The zero-order chi connectivity index (χ0) is 19.3. The van der Waals surface area contributed by atoms with Crippen molar-refractivity contribution in [3.05, 3.63) is 29.6 Å². The third-order valence-electron chi connectivity index (χ3n) is 4.85. The van der Waals surface area contributed by atoms with Crippen molar-refractivity contribution in [1.82, 2.24) is 14.8 Å². The number of fused-ring (bicyclic) bond motifs is 1. The average molecular weight is 375 g/mol. The summed E-state index contributed by atoms with van der Waals surface area (Å²) in [4.78, 5) is 30.5. The molecule has 1 fully saturated rings. The van der Waals surface area contributed by atoms with Gasteiger partial charge in [0.1, 0.15) is 6.17 Å². The third kappa shape index (κ3) is 2.91. The Kier molecular flexibility index (Phi) is 4.41. The molecule has 0 radical (unpaired) electrons. The van der Waals surface area contributed by atoms with E-state index in [-0.39, 0.29) is 6.54 Å². The number of alkyl halides is 4. The molecule has 2 unspecified atom stereocenters. The van der Waals surface area contributed by atoms with Gasteiger partial charge in [0.05, 0.1) is 23.8 Å². The molecule has 1 aromatic heterocycles. The highest BCUT2D eigenvalue weighted by Crippen LogP contribution is 2.34. The number of likely N-dealkylation sites (tertiary alicyclic amines) is 1. The Balaban J connectivity index is 1.78. The molecule has 6 nitrogen and oxygen atoms in total. The first kappa shape index (κ1) is 18.6. The highest BCUT2D eigenvalue weighted by atomic mass is 19.4. The number of hydrogen-bond acceptors (Lipinski definition) is 4. The molecule has 0 spiro atoms. The van der Waals surface area contributed by atoms with Gasteiger partial charge in [-0.25, -0.2) is 4.39 Å². The second-order valence-electron chi connectivity index (χ2n) is 6.61. The second kappa shape index (κ2) is 6.19. The molecule has 3 rings (SSSR count). The van der Waals surface area contributed by atoms with E-state index in [2.05, 4.69) is 4.98 Å². The summed E-state index contributed by atoms with van der Waals surface area (Å²) in [5, 5.41) is 9.52. The lowest BCUT2D eigenvalue weighted by Crippen LogP contribution is -2.56. The Labute approximate surface area is 146 Å². The van der Waals surface area contributed by atoms with Crippen LogP contribution in [0.1, 0.15) is 23.0 Å². The maximum absolute atomic E-state index is 14.5. The number of nitrogens with zero attached hydrogens (tertiary/aromatic N) is 3. The van der Waals surface area contributed by atoms with E-state index in [1.165, 1.54) is 11.1 Å². The fourth-order valence-electron chi connectivity index (χ4n) is 3.27. The minimum absolute atomic E-state index is 0.158. The summed E-state index contributed by atoms with van der Waals surface area (Å²) >= 11 is 0. The van der Waals surface area contributed by atoms with Gasteiger partial charge >= 0.3 is 6.18 Å². The van der Waals surface area contributed by atoms with Crippen molar-refractivity contribution < 1.29 is 32.3 Å². The highest BCUT2D eigenvalue weighted by molar-refractivity contribution is 5.96. The first-order chi connectivity index (χ1) is 12.0. The number of carbonyl (C=O) groups is 2. The minimum atomic E-state index is -5.18. The molecule has 1 aromatic rings. The molecule has 3 heterocycles. The van der Waals surface area contributed by atoms with Crippen molar-refractivity contribution >= 4 is 11.8 Å². The van der Waals surface area contributed by atoms with Gasteiger partial charge in [-0.05, 0) is 19.1 Å². The summed E-state index contributed by atoms with van der Waals surface area (Å²) in [5.41, 5.74) is -2.71. The van der Waals surface area contributed by atoms with Crippen molar-refractivity contribution in [2.75, 3.05) is 19.6 Å². The number of aliphatic hydroxyl groups is 1. The number of aromatic nitrogens is 1. The van der Waals surface area contributed by atoms with E-state index in [9.17, 15) is 32.3 Å². The van der Waals surface area contributed by atoms with E-state index in [4.69, 9.17) is 0 Å². The van der Waals surface area contributed by atoms with Crippen molar-refractivity contribution in [3.8, 4) is 0 Å². The maximum Gasteiger partial charge on any atom is 0.426 e. The maximum atomic E-state index is 14.5. The normalized spacial score (nSPS) is 25.8. The fraction of sp³-hybridized carbons (Fsp3) is 0.562. The molecule has 10 heteroatoms. The molecule has 2 aliphatic heterocycles. The molecule has 0 saturated carbocycles. The van der Waals surface area contributed by atoms with Crippen LogP contribution in [-0.2, 0) is 11.2 Å². The monoisotopic (exact) mass is 375 g/mol. The van der Waals surface area contributed by atoms with Crippen LogP contribution in [-0.4, -0.2) is 75.3 Å². The van der Waals surface area contributed by atoms with Crippen LogP contribution >= 0.6 is 0 Å². The lowest BCUT2D eigenvalue weighted by Gasteiger charge is -2.34. The van der Waals surface area contributed by atoms with Crippen molar-refractivity contribution in [1.29, 1.82) is 0 Å². The molecule has 2 aliphatic rings. The summed E-state index contributed by atoms with van der Waals surface area (Å²) in [6, 6.07) is 2.05. The molecule has 26 heavy (non-hydrogen) atoms. The van der Waals surface area contributed by atoms with E-state index < -0.39 is 48.9 Å². The average Bonchev–Trinajstić information content (AvgIpc) is 2.95. The Morgan fingerprint density at radius 2 is 2.04 bits per heavy atom. The van der Waals surface area contributed by atoms with Gasteiger partial charge in [0, 0.05) is 25.7 Å². The molecule has 3 atom stereocenters. The Hall–Kier alpha value is -2.23. The van der Waals surface area contributed by atoms with Gasteiger partial charge in [0.2, 0.25) is 5.60 Å². The van der Waals surface area contributed by atoms with Crippen LogP contribution in [0.2, 0.25) is 0 Å². The number of pyridine rings is 1. The van der Waals surface area contributed by atoms with Gasteiger partial charge in [-0.15, -0.1) is 0 Å². The Morgan fingerprint density at radius 1 is 1.35 bits per heavy atom. The van der Waals surface area contributed by atoms with E-state index in [1.807, 2.05) is 0 Å². The lowest BCUT2D eigenvalue weighted by molar-refractivity contribution is -0.249. The largest absolute Gasteiger partial charge is 0.426 e. The predicted octanol–water partition coefficient (Wildman–Crippen LogP) is 0.942. The number of halogens is 4. The van der Waals surface area contributed by atoms with Crippen LogP contribution in [0, 0.1) is 0 Å². The first-order valence-corrected chi connectivity index (χ1v) is 8.01. The molecule has 0 aromatic carbocycles. The van der Waals surface area contributed by atoms with Crippen LogP contribution in [0.4, 0.5) is 17.6 Å². The zero-order valence-electron chi connectivity index (χ0n) is 13.8. The van der Waals surface area contributed by atoms with Crippen LogP contribution in [0.3, 0.4) is 0 Å². The molecular formula is C16H17F4N3O3. The molecule has 0 aliphatic carbocycles. The van der Waals surface area contributed by atoms with E-state index in [0.717, 1.165) is 0 Å². The molecule has 2 amide bonds. The zero-order valence-corrected chi connectivity index (χ0v) is 13.8. The van der Waals surface area contributed by atoms with Crippen LogP contribution in [0.15, 0.2) is 18.3 Å². The number of amides is 2. The molecular weight excluding hydrogens is 358 g/mol. The second-order valence-corrected chi connectivity index (χ2v) is 6.61. The fourth-order valence-corrected chi connectivity index (χ4v) is 3.27. The highest BCUT2D eigenvalue weighted by Gasteiger charge is 2.58. The number of hydrogen-bond donors (Lipinski definition) is 1. The molecule has 1 N–H and O–H groups in total. The number of rotatable bonds is 2. The van der Waals surface area contributed by atoms with E-state index >= 15 is 0 Å². The standard InChI is InChI=1S/C16H17F4N3O3/c1-15(26,16(18,19)20)14(25)22-7-10(17)12(8-22)23-6-4-11-9(13(23)24)3-2-5-21-11/h2-3,5,10,12,26H,4,6-8H2,1H3/t10?,12?,15-/m1/s1. The third-order valence-corrected chi connectivity index (χ3v) is 4.85. The van der Waals surface area contributed by atoms with Crippen LogP contribution in [0.5, 0.6) is 0 Å². The van der Waals surface area contributed by atoms with Gasteiger partial charge in [-0.2, -0.15) is 13.2 Å². The van der Waals surface area contributed by atoms with Gasteiger partial charge in [0.15, 0.2) is 0 Å². The van der Waals surface area contributed by atoms with Gasteiger partial charge < -0.3 is 14.9 Å². The minimum Gasteiger partial charge on any atom is -0.373 e. The van der Waals surface area contributed by atoms with E-state index in [1.54, 1.807) is 12.1 Å². The van der Waals surface area contributed by atoms with Crippen molar-refractivity contribution in [3.63, 3.8) is 0 Å². The summed E-state index contributed by atoms with van der Waals surface area (Å²) in [6.45, 7) is -0.525. The smallest absolute Gasteiger partial charge is 0.373 e. The molecule has 142 valence electrons. The van der Waals surface area contributed by atoms with Crippen molar-refractivity contribution in [2.45, 2.75) is 37.3 Å². The molecule has 0 bridgehead atoms. The Morgan fingerprint density at radius 3 is 2.69 bits per heavy atom. The summed E-state index contributed by atoms with van der Waals surface area (Å²) < 4.78 is 53.0. The number of carbonyl (C=O) groups excluding carboxylic acids is 2.